The molecule has 1 aromatic carbocycles. The molecule has 0 spiro atoms. The Bertz CT molecular complexity index is 431. The zero-order chi connectivity index (χ0) is 14.1. The van der Waals surface area contributed by atoms with E-state index in [0.717, 1.165) is 0 Å². The minimum absolute atomic E-state index is 0.255. The smallest absolute Gasteiger partial charge is 0.340 e. The Labute approximate surface area is 112 Å². The molecule has 5 nitrogen and oxygen atoms in total. The third kappa shape index (κ3) is 4.99. The van der Waals surface area contributed by atoms with Gasteiger partial charge in [0.15, 0.2) is 0 Å². The first kappa shape index (κ1) is 15.0. The van der Waals surface area contributed by atoms with Crippen molar-refractivity contribution in [3.8, 4) is 0 Å². The summed E-state index contributed by atoms with van der Waals surface area (Å²) in [5, 5.41) is 3.04. The molecule has 0 atom stereocenters. The summed E-state index contributed by atoms with van der Waals surface area (Å²) in [6, 6.07) is 7.04. The second-order valence-corrected chi connectivity index (χ2v) is 3.75. The van der Waals surface area contributed by atoms with Gasteiger partial charge >= 0.3 is 11.9 Å². The third-order valence-electron chi connectivity index (χ3n) is 2.37. The average Bonchev–Trinajstić information content (AvgIpc) is 2.40. The predicted octanol–water partition coefficient (Wildman–Crippen LogP) is 2.23. The molecule has 0 aliphatic rings. The van der Waals surface area contributed by atoms with Crippen molar-refractivity contribution < 1.29 is 19.1 Å². The largest absolute Gasteiger partial charge is 0.466 e. The highest BCUT2D eigenvalue weighted by molar-refractivity contribution is 5.95. The van der Waals surface area contributed by atoms with Gasteiger partial charge in [-0.2, -0.15) is 0 Å². The summed E-state index contributed by atoms with van der Waals surface area (Å²) in [5.41, 5.74) is 1.12. The summed E-state index contributed by atoms with van der Waals surface area (Å²) in [6.07, 6.45) is 0.255. The number of anilines is 1. The second-order valence-electron chi connectivity index (χ2n) is 3.75. The van der Waals surface area contributed by atoms with Crippen molar-refractivity contribution in [1.29, 1.82) is 0 Å². The van der Waals surface area contributed by atoms with Crippen molar-refractivity contribution in [2.45, 2.75) is 20.3 Å². The van der Waals surface area contributed by atoms with Gasteiger partial charge < -0.3 is 14.8 Å². The van der Waals surface area contributed by atoms with Gasteiger partial charge in [0, 0.05) is 12.2 Å². The zero-order valence-electron chi connectivity index (χ0n) is 11.3. The molecule has 104 valence electrons. The summed E-state index contributed by atoms with van der Waals surface area (Å²) < 4.78 is 9.79. The molecule has 5 heteroatoms. The van der Waals surface area contributed by atoms with Crippen LogP contribution in [0, 0.1) is 0 Å². The number of benzene rings is 1. The van der Waals surface area contributed by atoms with Crippen LogP contribution < -0.4 is 5.32 Å². The fraction of sp³-hybridized carbons (Fsp3) is 0.429. The van der Waals surface area contributed by atoms with E-state index >= 15 is 0 Å². The van der Waals surface area contributed by atoms with Gasteiger partial charge in [0.25, 0.3) is 0 Å². The Kier molecular flexibility index (Phi) is 6.43. The maximum atomic E-state index is 11.7. The molecule has 0 saturated carbocycles. The van der Waals surface area contributed by atoms with Gasteiger partial charge in [-0.05, 0) is 26.0 Å². The van der Waals surface area contributed by atoms with Crippen LogP contribution in [0.25, 0.3) is 0 Å². The minimum Gasteiger partial charge on any atom is -0.466 e. The highest BCUT2D eigenvalue weighted by atomic mass is 16.5. The molecule has 0 aliphatic heterocycles. The van der Waals surface area contributed by atoms with E-state index in [0.29, 0.717) is 31.0 Å². The number of nitrogens with one attached hydrogen (secondary N) is 1. The van der Waals surface area contributed by atoms with Gasteiger partial charge in [0.2, 0.25) is 0 Å². The third-order valence-corrected chi connectivity index (χ3v) is 2.37. The standard InChI is InChI=1S/C14H19NO4/c1-3-18-13(16)9-10-15-12-8-6-5-7-11(12)14(17)19-4-2/h5-8,15H,3-4,9-10H2,1-2H3. The number of esters is 2. The van der Waals surface area contributed by atoms with Crippen LogP contribution >= 0.6 is 0 Å². The number of hydrogen-bond acceptors (Lipinski definition) is 5. The van der Waals surface area contributed by atoms with Crippen LogP contribution in [0.5, 0.6) is 0 Å². The molecule has 0 heterocycles. The predicted molar refractivity (Wildman–Crippen MR) is 72.1 cm³/mol. The topological polar surface area (TPSA) is 64.6 Å². The van der Waals surface area contributed by atoms with E-state index in [1.807, 2.05) is 6.07 Å². The maximum absolute atomic E-state index is 11.7. The maximum Gasteiger partial charge on any atom is 0.340 e. The number of para-hydroxylation sites is 1. The molecule has 0 saturated heterocycles. The molecule has 1 N–H and O–H groups in total. The first-order valence-corrected chi connectivity index (χ1v) is 6.34. The Morgan fingerprint density at radius 2 is 1.79 bits per heavy atom. The summed E-state index contributed by atoms with van der Waals surface area (Å²) in [5.74, 6) is -0.634. The molecule has 0 fully saturated rings. The lowest BCUT2D eigenvalue weighted by atomic mass is 10.2. The van der Waals surface area contributed by atoms with Crippen LogP contribution in [0.15, 0.2) is 24.3 Å². The summed E-state index contributed by atoms with van der Waals surface area (Å²) >= 11 is 0. The van der Waals surface area contributed by atoms with Crippen LogP contribution in [0.3, 0.4) is 0 Å². The number of hydrogen-bond donors (Lipinski definition) is 1. The Morgan fingerprint density at radius 1 is 1.11 bits per heavy atom. The van der Waals surface area contributed by atoms with E-state index in [1.54, 1.807) is 32.0 Å². The van der Waals surface area contributed by atoms with Crippen LogP contribution in [-0.2, 0) is 14.3 Å². The molecule has 0 amide bonds. The Balaban J connectivity index is 2.58. The van der Waals surface area contributed by atoms with Gasteiger partial charge in [-0.1, -0.05) is 12.1 Å². The normalized spacial score (nSPS) is 9.79. The fourth-order valence-electron chi connectivity index (χ4n) is 1.56. The molecule has 0 aliphatic carbocycles. The van der Waals surface area contributed by atoms with Crippen molar-refractivity contribution in [2.75, 3.05) is 25.1 Å². The molecule has 0 unspecified atom stereocenters. The van der Waals surface area contributed by atoms with Crippen molar-refractivity contribution in [1.82, 2.24) is 0 Å². The lowest BCUT2D eigenvalue weighted by Crippen LogP contribution is -2.14. The quantitative estimate of drug-likeness (QED) is 0.766. The first-order chi connectivity index (χ1) is 9.19. The van der Waals surface area contributed by atoms with Gasteiger partial charge in [0.05, 0.1) is 25.2 Å². The lowest BCUT2D eigenvalue weighted by molar-refractivity contribution is -0.142. The van der Waals surface area contributed by atoms with Crippen LogP contribution in [0.4, 0.5) is 5.69 Å². The Hall–Kier alpha value is -2.04. The zero-order valence-corrected chi connectivity index (χ0v) is 11.3. The van der Waals surface area contributed by atoms with E-state index in [4.69, 9.17) is 9.47 Å². The second kappa shape index (κ2) is 8.13. The molecule has 19 heavy (non-hydrogen) atoms. The summed E-state index contributed by atoms with van der Waals surface area (Å²) in [6.45, 7) is 4.64. The van der Waals surface area contributed by atoms with E-state index < -0.39 is 0 Å². The number of carbonyl (C=O) groups excluding carboxylic acids is 2. The Morgan fingerprint density at radius 3 is 2.47 bits per heavy atom. The van der Waals surface area contributed by atoms with Crippen LogP contribution in [0.2, 0.25) is 0 Å². The van der Waals surface area contributed by atoms with Crippen molar-refractivity contribution in [3.05, 3.63) is 29.8 Å². The van der Waals surface area contributed by atoms with Gasteiger partial charge in [-0.15, -0.1) is 0 Å². The van der Waals surface area contributed by atoms with E-state index in [-0.39, 0.29) is 18.4 Å². The SMILES string of the molecule is CCOC(=O)CCNc1ccccc1C(=O)OCC. The molecule has 0 aromatic heterocycles. The molecule has 0 radical (unpaired) electrons. The highest BCUT2D eigenvalue weighted by Gasteiger charge is 2.11. The van der Waals surface area contributed by atoms with E-state index in [9.17, 15) is 9.59 Å². The molecule has 0 bridgehead atoms. The van der Waals surface area contributed by atoms with Crippen LogP contribution in [0.1, 0.15) is 30.6 Å². The van der Waals surface area contributed by atoms with Gasteiger partial charge in [0.1, 0.15) is 0 Å². The van der Waals surface area contributed by atoms with Gasteiger partial charge in [-0.3, -0.25) is 4.79 Å². The fourth-order valence-corrected chi connectivity index (χ4v) is 1.56. The van der Waals surface area contributed by atoms with Gasteiger partial charge in [-0.25, -0.2) is 4.79 Å². The molecular weight excluding hydrogens is 246 g/mol. The average molecular weight is 265 g/mol. The molecule has 1 rings (SSSR count). The highest BCUT2D eigenvalue weighted by Crippen LogP contribution is 2.16. The first-order valence-electron chi connectivity index (χ1n) is 6.34. The minimum atomic E-state index is -0.373. The number of carbonyl (C=O) groups is 2. The van der Waals surface area contributed by atoms with E-state index in [1.165, 1.54) is 0 Å². The lowest BCUT2D eigenvalue weighted by Gasteiger charge is -2.10. The molecule has 1 aromatic rings. The summed E-state index contributed by atoms with van der Waals surface area (Å²) in [7, 11) is 0. The van der Waals surface area contributed by atoms with Crippen LogP contribution in [-0.4, -0.2) is 31.7 Å². The van der Waals surface area contributed by atoms with E-state index in [2.05, 4.69) is 5.32 Å². The summed E-state index contributed by atoms with van der Waals surface area (Å²) in [4.78, 5) is 22.9. The monoisotopic (exact) mass is 265 g/mol. The molecular formula is C14H19NO4. The number of ether oxygens (including phenoxy) is 2. The van der Waals surface area contributed by atoms with Crippen molar-refractivity contribution >= 4 is 17.6 Å². The number of rotatable bonds is 7. The van der Waals surface area contributed by atoms with Crippen molar-refractivity contribution in [2.24, 2.45) is 0 Å². The van der Waals surface area contributed by atoms with Crippen molar-refractivity contribution in [3.63, 3.8) is 0 Å².